The van der Waals surface area contributed by atoms with Gasteiger partial charge in [-0.15, -0.1) is 10.2 Å². The van der Waals surface area contributed by atoms with E-state index in [1.54, 1.807) is 6.92 Å². The summed E-state index contributed by atoms with van der Waals surface area (Å²) in [6.45, 7) is 6.17. The zero-order valence-electron chi connectivity index (χ0n) is 14.6. The molecule has 0 unspecified atom stereocenters. The standard InChI is InChI=1S/C18H24N4O3/c1-15-19-20-17(25-15)12-21-8-5-9-22(11-10-21)18(23)14-24-13-16-6-3-2-4-7-16/h2-4,6-7H,5,8-14H2,1H3. The van der Waals surface area contributed by atoms with E-state index in [4.69, 9.17) is 9.15 Å². The van der Waals surface area contributed by atoms with Crippen molar-refractivity contribution >= 4 is 5.91 Å². The van der Waals surface area contributed by atoms with Crippen molar-refractivity contribution < 1.29 is 13.9 Å². The summed E-state index contributed by atoms with van der Waals surface area (Å²) in [7, 11) is 0. The Kier molecular flexibility index (Phi) is 6.14. The maximum absolute atomic E-state index is 12.4. The Balaban J connectivity index is 1.41. The molecular weight excluding hydrogens is 320 g/mol. The Bertz CT molecular complexity index is 674. The molecule has 0 N–H and O–H groups in total. The summed E-state index contributed by atoms with van der Waals surface area (Å²) in [4.78, 5) is 16.5. The molecule has 0 saturated carbocycles. The average molecular weight is 344 g/mol. The highest BCUT2D eigenvalue weighted by atomic mass is 16.5. The molecule has 0 aliphatic carbocycles. The second-order valence-electron chi connectivity index (χ2n) is 6.20. The van der Waals surface area contributed by atoms with Crippen LogP contribution in [0.15, 0.2) is 34.7 Å². The third-order valence-electron chi connectivity index (χ3n) is 4.21. The van der Waals surface area contributed by atoms with Crippen LogP contribution in [0.1, 0.15) is 23.8 Å². The van der Waals surface area contributed by atoms with Crippen LogP contribution in [0.5, 0.6) is 0 Å². The lowest BCUT2D eigenvalue weighted by atomic mass is 10.2. The van der Waals surface area contributed by atoms with Crippen LogP contribution >= 0.6 is 0 Å². The number of rotatable bonds is 6. The van der Waals surface area contributed by atoms with Gasteiger partial charge in [-0.05, 0) is 12.0 Å². The van der Waals surface area contributed by atoms with Crippen molar-refractivity contribution in [3.63, 3.8) is 0 Å². The van der Waals surface area contributed by atoms with E-state index in [9.17, 15) is 4.79 Å². The van der Waals surface area contributed by atoms with Gasteiger partial charge in [0.2, 0.25) is 17.7 Å². The van der Waals surface area contributed by atoms with Crippen molar-refractivity contribution in [2.45, 2.75) is 26.5 Å². The van der Waals surface area contributed by atoms with Crippen LogP contribution in [0.4, 0.5) is 0 Å². The van der Waals surface area contributed by atoms with E-state index in [0.29, 0.717) is 31.5 Å². The van der Waals surface area contributed by atoms with Crippen LogP contribution in [-0.4, -0.2) is 58.7 Å². The fourth-order valence-electron chi connectivity index (χ4n) is 2.89. The Morgan fingerprint density at radius 1 is 1.16 bits per heavy atom. The molecule has 1 aliphatic heterocycles. The zero-order chi connectivity index (χ0) is 17.5. The van der Waals surface area contributed by atoms with Gasteiger partial charge in [0.1, 0.15) is 6.61 Å². The molecule has 134 valence electrons. The van der Waals surface area contributed by atoms with Crippen molar-refractivity contribution in [1.82, 2.24) is 20.0 Å². The summed E-state index contributed by atoms with van der Waals surface area (Å²) in [5, 5.41) is 7.89. The van der Waals surface area contributed by atoms with Crippen LogP contribution < -0.4 is 0 Å². The molecule has 25 heavy (non-hydrogen) atoms. The first-order valence-electron chi connectivity index (χ1n) is 8.61. The summed E-state index contributed by atoms with van der Waals surface area (Å²) < 4.78 is 11.0. The fourth-order valence-corrected chi connectivity index (χ4v) is 2.89. The van der Waals surface area contributed by atoms with Gasteiger partial charge in [0.05, 0.1) is 13.2 Å². The number of carbonyl (C=O) groups excluding carboxylic acids is 1. The number of nitrogens with zero attached hydrogens (tertiary/aromatic N) is 4. The molecule has 1 amide bonds. The second kappa shape index (κ2) is 8.73. The Labute approximate surface area is 147 Å². The van der Waals surface area contributed by atoms with Crippen molar-refractivity contribution in [2.24, 2.45) is 0 Å². The van der Waals surface area contributed by atoms with E-state index in [0.717, 1.165) is 31.6 Å². The monoisotopic (exact) mass is 344 g/mol. The van der Waals surface area contributed by atoms with E-state index >= 15 is 0 Å². The van der Waals surface area contributed by atoms with Gasteiger partial charge in [-0.3, -0.25) is 9.69 Å². The van der Waals surface area contributed by atoms with E-state index in [1.165, 1.54) is 0 Å². The lowest BCUT2D eigenvalue weighted by molar-refractivity contribution is -0.136. The van der Waals surface area contributed by atoms with Gasteiger partial charge < -0.3 is 14.1 Å². The number of amides is 1. The molecule has 3 rings (SSSR count). The number of hydrogen-bond donors (Lipinski definition) is 0. The number of ether oxygens (including phenoxy) is 1. The Morgan fingerprint density at radius 2 is 2.00 bits per heavy atom. The zero-order valence-corrected chi connectivity index (χ0v) is 14.6. The predicted octanol–water partition coefficient (Wildman–Crippen LogP) is 1.63. The topological polar surface area (TPSA) is 71.7 Å². The summed E-state index contributed by atoms with van der Waals surface area (Å²) in [6, 6.07) is 9.89. The molecule has 7 nitrogen and oxygen atoms in total. The minimum absolute atomic E-state index is 0.0476. The summed E-state index contributed by atoms with van der Waals surface area (Å²) >= 11 is 0. The molecule has 1 saturated heterocycles. The first kappa shape index (κ1) is 17.6. The van der Waals surface area contributed by atoms with Gasteiger partial charge in [0.25, 0.3) is 0 Å². The normalized spacial score (nSPS) is 16.0. The number of hydrogen-bond acceptors (Lipinski definition) is 6. The minimum Gasteiger partial charge on any atom is -0.424 e. The quantitative estimate of drug-likeness (QED) is 0.793. The largest absolute Gasteiger partial charge is 0.424 e. The lowest BCUT2D eigenvalue weighted by Crippen LogP contribution is -2.37. The maximum Gasteiger partial charge on any atom is 0.248 e. The van der Waals surface area contributed by atoms with Gasteiger partial charge >= 0.3 is 0 Å². The molecule has 1 aromatic carbocycles. The van der Waals surface area contributed by atoms with Crippen molar-refractivity contribution in [1.29, 1.82) is 0 Å². The number of aromatic nitrogens is 2. The number of carbonyl (C=O) groups is 1. The highest BCUT2D eigenvalue weighted by Gasteiger charge is 2.20. The molecule has 1 aromatic heterocycles. The Hall–Kier alpha value is -2.25. The van der Waals surface area contributed by atoms with Gasteiger partial charge in [0, 0.05) is 33.1 Å². The number of benzene rings is 1. The van der Waals surface area contributed by atoms with Gasteiger partial charge in [-0.2, -0.15) is 0 Å². The molecule has 1 fully saturated rings. The van der Waals surface area contributed by atoms with Crippen LogP contribution in [-0.2, 0) is 22.7 Å². The van der Waals surface area contributed by atoms with E-state index in [1.807, 2.05) is 35.2 Å². The molecule has 0 radical (unpaired) electrons. The summed E-state index contributed by atoms with van der Waals surface area (Å²) in [5.74, 6) is 1.26. The average Bonchev–Trinajstić information content (AvgIpc) is 2.89. The minimum atomic E-state index is 0.0476. The predicted molar refractivity (Wildman–Crippen MR) is 91.6 cm³/mol. The number of aryl methyl sites for hydroxylation is 1. The van der Waals surface area contributed by atoms with Gasteiger partial charge in [-0.25, -0.2) is 0 Å². The molecule has 1 aliphatic rings. The molecule has 0 atom stereocenters. The van der Waals surface area contributed by atoms with E-state index < -0.39 is 0 Å². The smallest absolute Gasteiger partial charge is 0.248 e. The summed E-state index contributed by atoms with van der Waals surface area (Å²) in [6.07, 6.45) is 0.928. The molecule has 0 spiro atoms. The third-order valence-corrected chi connectivity index (χ3v) is 4.21. The first-order chi connectivity index (χ1) is 12.2. The molecule has 2 heterocycles. The summed E-state index contributed by atoms with van der Waals surface area (Å²) in [5.41, 5.74) is 1.08. The molecule has 2 aromatic rings. The van der Waals surface area contributed by atoms with Crippen molar-refractivity contribution in [3.8, 4) is 0 Å². The molecule has 0 bridgehead atoms. The van der Waals surface area contributed by atoms with Crippen LogP contribution in [0, 0.1) is 6.92 Å². The maximum atomic E-state index is 12.4. The van der Waals surface area contributed by atoms with Gasteiger partial charge in [0.15, 0.2) is 0 Å². The van der Waals surface area contributed by atoms with Crippen molar-refractivity contribution in [3.05, 3.63) is 47.7 Å². The highest BCUT2D eigenvalue weighted by Crippen LogP contribution is 2.09. The first-order valence-corrected chi connectivity index (χ1v) is 8.61. The van der Waals surface area contributed by atoms with E-state index in [2.05, 4.69) is 15.1 Å². The highest BCUT2D eigenvalue weighted by molar-refractivity contribution is 5.77. The third kappa shape index (κ3) is 5.37. The lowest BCUT2D eigenvalue weighted by Gasteiger charge is -2.21. The van der Waals surface area contributed by atoms with Crippen molar-refractivity contribution in [2.75, 3.05) is 32.8 Å². The van der Waals surface area contributed by atoms with Gasteiger partial charge in [-0.1, -0.05) is 30.3 Å². The van der Waals surface area contributed by atoms with E-state index in [-0.39, 0.29) is 12.5 Å². The SMILES string of the molecule is Cc1nnc(CN2CCCN(C(=O)COCc3ccccc3)CC2)o1. The molecular formula is C18H24N4O3. The fraction of sp³-hybridized carbons (Fsp3) is 0.500. The molecule has 7 heteroatoms. The Morgan fingerprint density at radius 3 is 2.76 bits per heavy atom. The van der Waals surface area contributed by atoms with Crippen LogP contribution in [0.3, 0.4) is 0 Å². The van der Waals surface area contributed by atoms with Crippen LogP contribution in [0.2, 0.25) is 0 Å². The second-order valence-corrected chi connectivity index (χ2v) is 6.20. The van der Waals surface area contributed by atoms with Crippen LogP contribution in [0.25, 0.3) is 0 Å².